The molecule has 0 nitrogen and oxygen atoms in total. The molecular weight excluding hydrogens is 1210 g/mol. The molecule has 0 N–H and O–H groups in total. The van der Waals surface area contributed by atoms with Crippen LogP contribution in [0.1, 0.15) is 190 Å². The zero-order valence-electron chi connectivity index (χ0n) is 66.2. The second-order valence-corrected chi connectivity index (χ2v) is 26.9. The Balaban J connectivity index is 0.000000560. The molecule has 0 saturated heterocycles. The highest BCUT2D eigenvalue weighted by atomic mass is 14.4. The predicted octanol–water partition coefficient (Wildman–Crippen LogP) is 29.5. The van der Waals surface area contributed by atoms with Crippen molar-refractivity contribution in [3.05, 3.63) is 403 Å². The lowest BCUT2D eigenvalue weighted by Crippen LogP contribution is -2.30. The fourth-order valence-electron chi connectivity index (χ4n) is 11.1. The Bertz CT molecular complexity index is 3460. The first-order valence-electron chi connectivity index (χ1n) is 36.8. The number of hydrogen-bond donors (Lipinski definition) is 0. The number of aryl methyl sites for hydroxylation is 17. The van der Waals surface area contributed by atoms with Crippen LogP contribution in [0.3, 0.4) is 0 Å². The molecule has 13 rings (SSSR count). The lowest BCUT2D eigenvalue weighted by atomic mass is 9.65. The van der Waals surface area contributed by atoms with Crippen LogP contribution in [-0.4, -0.2) is 0 Å². The van der Waals surface area contributed by atoms with Crippen LogP contribution in [0.5, 0.6) is 0 Å². The van der Waals surface area contributed by atoms with E-state index in [0.29, 0.717) is 0 Å². The quantitative estimate of drug-likeness (QED) is 0.120. The highest BCUT2D eigenvalue weighted by molar-refractivity contribution is 5.40. The number of benzene rings is 11. The topological polar surface area (TPSA) is 0 Å². The highest BCUT2D eigenvalue weighted by Crippen LogP contribution is 2.44. The molecule has 2 aliphatic carbocycles. The molecule has 101 heavy (non-hydrogen) atoms. The van der Waals surface area contributed by atoms with Crippen LogP contribution in [0.15, 0.2) is 297 Å². The van der Waals surface area contributed by atoms with E-state index in [1.807, 2.05) is 98.8 Å². The fraction of sp³-hybridized carbons (Fsp3) is 0.307. The van der Waals surface area contributed by atoms with Crippen LogP contribution in [-0.2, 0) is 5.41 Å². The average Bonchev–Trinajstić information content (AvgIpc) is 0.780. The van der Waals surface area contributed by atoms with Gasteiger partial charge in [0.2, 0.25) is 0 Å². The van der Waals surface area contributed by atoms with Crippen molar-refractivity contribution < 1.29 is 0 Å². The minimum atomic E-state index is 0.265. The van der Waals surface area contributed by atoms with Crippen molar-refractivity contribution in [2.75, 3.05) is 0 Å². The van der Waals surface area contributed by atoms with Crippen molar-refractivity contribution in [3.8, 4) is 12.8 Å². The van der Waals surface area contributed by atoms with Gasteiger partial charge >= 0.3 is 0 Å². The first kappa shape index (κ1) is 89.7. The first-order chi connectivity index (χ1) is 48.6. The third-order valence-corrected chi connectivity index (χ3v) is 17.2. The number of allylic oxidation sites excluding steroid dienone is 2. The maximum absolute atomic E-state index is 4.00. The minimum Gasteiger partial charge on any atom is -0.124 e. The van der Waals surface area contributed by atoms with Gasteiger partial charge in [0.25, 0.3) is 0 Å². The Morgan fingerprint density at radius 2 is 0.396 bits per heavy atom. The summed E-state index contributed by atoms with van der Waals surface area (Å²) in [5.74, 6) is 0. The molecule has 0 heterocycles. The molecule has 11 aromatic carbocycles. The van der Waals surface area contributed by atoms with E-state index in [0.717, 1.165) is 0 Å². The average molecular weight is 1340 g/mol. The normalized spacial score (nSPS) is 11.6. The van der Waals surface area contributed by atoms with E-state index in [-0.39, 0.29) is 5.41 Å². The highest BCUT2D eigenvalue weighted by Gasteiger charge is 2.35. The number of rotatable bonds is 2. The zero-order chi connectivity index (χ0) is 74.9. The van der Waals surface area contributed by atoms with Gasteiger partial charge in [0.15, 0.2) is 0 Å². The van der Waals surface area contributed by atoms with Crippen LogP contribution in [0.4, 0.5) is 0 Å². The molecule has 0 bridgehead atoms. The van der Waals surface area contributed by atoms with Gasteiger partial charge in [-0.2, -0.15) is 0 Å². The fourth-order valence-corrected chi connectivity index (χ4v) is 11.1. The molecule has 2 aliphatic rings. The molecule has 0 amide bonds. The standard InChI is InChI=1S/C18H20.C10H14.C9H12.4C8H10.2C7H8.C6H12.C6H6.C4H8.C2H2/c1-4-10-16(11-5-1)18(14-8-3-9-15-18)17-12-6-2-7-13-17;1-7-5-9(3)10(4)6-8(7)2;1-7-4-8(2)6-9(3)5-7;1-7-3-5-8(2)6-4-7;2*1-7-4-3-5-8(2)6-7;1-7-5-3-4-6-8(7)2;2*1-7-5-3-2-4-6-7;2*1-2-4-6-5-3-1;1-3-4-2;1-2/h1-2,4-7,10-13H,3,8-9,14-15H2;5-6H,1-4H3;4-6H,1-3H3;4*3-6H,1-2H3;2*2-6H,1H3;1-6H2;1-6H;3-4H,1-2H3;1-2H/b;;;;;;;;;;;4-3+;. The molecule has 0 aromatic heterocycles. The summed E-state index contributed by atoms with van der Waals surface area (Å²) in [7, 11) is 0. The molecule has 0 atom stereocenters. The lowest BCUT2D eigenvalue weighted by molar-refractivity contribution is 0.346. The molecule has 11 aromatic rings. The van der Waals surface area contributed by atoms with Gasteiger partial charge in [-0.1, -0.05) is 416 Å². The summed E-state index contributed by atoms with van der Waals surface area (Å²) < 4.78 is 0. The molecule has 0 spiro atoms. The van der Waals surface area contributed by atoms with Gasteiger partial charge in [-0.3, -0.25) is 0 Å². The second-order valence-electron chi connectivity index (χ2n) is 26.9. The third kappa shape index (κ3) is 44.5. The van der Waals surface area contributed by atoms with E-state index < -0.39 is 0 Å². The molecule has 0 radical (unpaired) electrons. The summed E-state index contributed by atoms with van der Waals surface area (Å²) in [6, 6.07) is 99.5. The Morgan fingerprint density at radius 1 is 0.198 bits per heavy atom. The summed E-state index contributed by atoms with van der Waals surface area (Å²) in [6.07, 6.45) is 27.7. The Hall–Kier alpha value is -9.28. The maximum atomic E-state index is 4.00. The SMILES string of the molecule is C#C.C/C=C/C.C1CCCCC1.Cc1cc(C)c(C)cc1C.Cc1cc(C)cc(C)c1.Cc1ccc(C)cc1.Cc1cccc(C)c1.Cc1cccc(C)c1.Cc1ccccc1.Cc1ccccc1.Cc1ccccc1C.c1ccc(C2(c3ccccc3)CCCCC2)cc1.c1ccccc1. The first-order valence-corrected chi connectivity index (χ1v) is 36.8. The zero-order valence-corrected chi connectivity index (χ0v) is 66.2. The van der Waals surface area contributed by atoms with E-state index in [9.17, 15) is 0 Å². The van der Waals surface area contributed by atoms with Gasteiger partial charge in [0.1, 0.15) is 0 Å². The Labute approximate surface area is 619 Å². The summed E-state index contributed by atoms with van der Waals surface area (Å²) in [5, 5.41) is 0. The summed E-state index contributed by atoms with van der Waals surface area (Å²) in [5.41, 5.74) is 26.3. The van der Waals surface area contributed by atoms with E-state index >= 15 is 0 Å². The van der Waals surface area contributed by atoms with Crippen molar-refractivity contribution in [1.29, 1.82) is 0 Å². The predicted molar refractivity (Wildman–Crippen MR) is 453 cm³/mol. The van der Waals surface area contributed by atoms with Gasteiger partial charge in [-0.05, 0) is 189 Å². The second kappa shape index (κ2) is 56.5. The van der Waals surface area contributed by atoms with Gasteiger partial charge in [0.05, 0.1) is 0 Å². The van der Waals surface area contributed by atoms with Crippen molar-refractivity contribution in [3.63, 3.8) is 0 Å². The molecule has 0 heteroatoms. The smallest absolute Gasteiger partial charge is 0.0202 e. The van der Waals surface area contributed by atoms with E-state index in [4.69, 9.17) is 0 Å². The largest absolute Gasteiger partial charge is 0.124 e. The van der Waals surface area contributed by atoms with E-state index in [1.54, 1.807) is 0 Å². The van der Waals surface area contributed by atoms with Crippen LogP contribution < -0.4 is 0 Å². The van der Waals surface area contributed by atoms with Gasteiger partial charge in [-0.15, -0.1) is 12.8 Å². The number of hydrogen-bond acceptors (Lipinski definition) is 0. The van der Waals surface area contributed by atoms with Crippen molar-refractivity contribution in [2.45, 2.75) is 208 Å². The van der Waals surface area contributed by atoms with Crippen molar-refractivity contribution in [2.24, 2.45) is 0 Å². The molecule has 0 aliphatic heterocycles. The summed E-state index contributed by atoms with van der Waals surface area (Å²) in [4.78, 5) is 0. The van der Waals surface area contributed by atoms with Crippen LogP contribution in [0.2, 0.25) is 0 Å². The Kier molecular flexibility index (Phi) is 50.2. The van der Waals surface area contributed by atoms with Gasteiger partial charge in [-0.25, -0.2) is 0 Å². The third-order valence-electron chi connectivity index (χ3n) is 17.2. The van der Waals surface area contributed by atoms with Crippen LogP contribution >= 0.6 is 0 Å². The molecule has 534 valence electrons. The van der Waals surface area contributed by atoms with Crippen LogP contribution in [0, 0.1) is 131 Å². The minimum absolute atomic E-state index is 0.265. The summed E-state index contributed by atoms with van der Waals surface area (Å²) >= 11 is 0. The number of terminal acetylenes is 1. The Morgan fingerprint density at radius 3 is 0.604 bits per heavy atom. The van der Waals surface area contributed by atoms with Crippen molar-refractivity contribution in [1.82, 2.24) is 0 Å². The maximum Gasteiger partial charge on any atom is 0.0202 e. The van der Waals surface area contributed by atoms with Crippen LogP contribution in [0.25, 0.3) is 0 Å². The molecule has 2 fully saturated rings. The molecule has 0 unspecified atom stereocenters. The lowest BCUT2D eigenvalue weighted by Gasteiger charge is -2.38. The summed E-state index contributed by atoms with van der Waals surface area (Å²) in [6.45, 7) is 40.0. The van der Waals surface area contributed by atoms with Gasteiger partial charge < -0.3 is 0 Å². The van der Waals surface area contributed by atoms with Gasteiger partial charge in [0, 0.05) is 5.41 Å². The molecular formula is C101H130. The van der Waals surface area contributed by atoms with Crippen molar-refractivity contribution >= 4 is 0 Å². The molecule has 2 saturated carbocycles. The monoisotopic (exact) mass is 1340 g/mol. The van der Waals surface area contributed by atoms with E-state index in [2.05, 4.69) is 343 Å². The van der Waals surface area contributed by atoms with E-state index in [1.165, 1.54) is 176 Å².